The maximum atomic E-state index is 14.3. The minimum Gasteiger partial charge on any atom is -0.466 e. The van der Waals surface area contributed by atoms with Crippen LogP contribution in [0.4, 0.5) is 4.39 Å². The van der Waals surface area contributed by atoms with Crippen LogP contribution in [0.3, 0.4) is 0 Å². The zero-order valence-electron chi connectivity index (χ0n) is 17.4. The van der Waals surface area contributed by atoms with Crippen molar-refractivity contribution in [3.63, 3.8) is 0 Å². The number of nitrogens with zero attached hydrogens (tertiary/aromatic N) is 3. The Balaban J connectivity index is 1.47. The molecule has 31 heavy (non-hydrogen) atoms. The van der Waals surface area contributed by atoms with Crippen molar-refractivity contribution in [2.75, 3.05) is 26.3 Å². The molecule has 0 aliphatic carbocycles. The van der Waals surface area contributed by atoms with Crippen LogP contribution in [-0.4, -0.2) is 58.2 Å². The SMILES string of the molecule is CCOC(=O)CC(=O)N1CCC(COc2ncc(-c3cccc(CO)c3F)cn2)CC1. The fourth-order valence-electron chi connectivity index (χ4n) is 3.44. The van der Waals surface area contributed by atoms with Crippen molar-refractivity contribution in [2.45, 2.75) is 32.8 Å². The Hall–Kier alpha value is -3.07. The molecule has 0 saturated carbocycles. The summed E-state index contributed by atoms with van der Waals surface area (Å²) in [6.07, 6.45) is 4.26. The molecule has 0 unspecified atom stereocenters. The fourth-order valence-corrected chi connectivity index (χ4v) is 3.44. The molecule has 2 heterocycles. The summed E-state index contributed by atoms with van der Waals surface area (Å²) >= 11 is 0. The van der Waals surface area contributed by atoms with Gasteiger partial charge in [-0.2, -0.15) is 0 Å². The zero-order valence-corrected chi connectivity index (χ0v) is 17.4. The van der Waals surface area contributed by atoms with Gasteiger partial charge in [0.15, 0.2) is 0 Å². The number of benzene rings is 1. The van der Waals surface area contributed by atoms with E-state index in [-0.39, 0.29) is 43.0 Å². The van der Waals surface area contributed by atoms with Gasteiger partial charge in [-0.25, -0.2) is 14.4 Å². The predicted octanol–water partition coefficient (Wildman–Crippen LogP) is 2.35. The van der Waals surface area contributed by atoms with Gasteiger partial charge in [0.05, 0.1) is 19.8 Å². The summed E-state index contributed by atoms with van der Waals surface area (Å²) in [6.45, 7) is 3.12. The second-order valence-corrected chi connectivity index (χ2v) is 7.31. The second-order valence-electron chi connectivity index (χ2n) is 7.31. The van der Waals surface area contributed by atoms with Crippen molar-refractivity contribution in [3.8, 4) is 17.1 Å². The van der Waals surface area contributed by atoms with Gasteiger partial charge in [0.2, 0.25) is 5.91 Å². The first-order chi connectivity index (χ1) is 15.0. The van der Waals surface area contributed by atoms with Crippen molar-refractivity contribution < 1.29 is 28.6 Å². The van der Waals surface area contributed by atoms with Crippen LogP contribution in [0.15, 0.2) is 30.6 Å². The van der Waals surface area contributed by atoms with E-state index in [0.29, 0.717) is 30.8 Å². The Kier molecular flexibility index (Phi) is 7.88. The van der Waals surface area contributed by atoms with Crippen molar-refractivity contribution in [2.24, 2.45) is 5.92 Å². The van der Waals surface area contributed by atoms with Crippen molar-refractivity contribution >= 4 is 11.9 Å². The molecule has 3 rings (SSSR count). The van der Waals surface area contributed by atoms with Crippen LogP contribution in [0.2, 0.25) is 0 Å². The number of piperidine rings is 1. The minimum absolute atomic E-state index is 0.197. The van der Waals surface area contributed by atoms with Gasteiger partial charge in [-0.15, -0.1) is 0 Å². The monoisotopic (exact) mass is 431 g/mol. The van der Waals surface area contributed by atoms with Crippen LogP contribution in [0.25, 0.3) is 11.1 Å². The molecule has 1 aliphatic heterocycles. The third-order valence-electron chi connectivity index (χ3n) is 5.20. The topological polar surface area (TPSA) is 102 Å². The van der Waals surface area contributed by atoms with Gasteiger partial charge in [-0.1, -0.05) is 18.2 Å². The molecule has 1 amide bonds. The van der Waals surface area contributed by atoms with E-state index in [1.807, 2.05) is 0 Å². The summed E-state index contributed by atoms with van der Waals surface area (Å²) in [7, 11) is 0. The van der Waals surface area contributed by atoms with Crippen LogP contribution in [0, 0.1) is 11.7 Å². The maximum Gasteiger partial charge on any atom is 0.316 e. The molecule has 0 atom stereocenters. The van der Waals surface area contributed by atoms with Crippen LogP contribution in [0.1, 0.15) is 31.7 Å². The highest BCUT2D eigenvalue weighted by atomic mass is 19.1. The molecular weight excluding hydrogens is 405 g/mol. The number of likely N-dealkylation sites (tertiary alicyclic amines) is 1. The summed E-state index contributed by atoms with van der Waals surface area (Å²) in [4.78, 5) is 33.5. The molecule has 0 spiro atoms. The number of hydrogen-bond donors (Lipinski definition) is 1. The first-order valence-electron chi connectivity index (χ1n) is 10.3. The zero-order chi connectivity index (χ0) is 22.2. The van der Waals surface area contributed by atoms with E-state index in [1.54, 1.807) is 24.0 Å². The molecule has 1 saturated heterocycles. The molecule has 9 heteroatoms. The van der Waals surface area contributed by atoms with E-state index in [1.165, 1.54) is 18.5 Å². The molecule has 1 fully saturated rings. The van der Waals surface area contributed by atoms with E-state index in [2.05, 4.69) is 9.97 Å². The standard InChI is InChI=1S/C22H26FN3O5/c1-2-30-20(29)10-19(28)26-8-6-15(7-9-26)14-31-22-24-11-17(12-25-22)18-5-3-4-16(13-27)21(18)23/h3-5,11-12,15,27H,2,6-10,13-14H2,1H3. The third-order valence-corrected chi connectivity index (χ3v) is 5.20. The average molecular weight is 431 g/mol. The highest BCUT2D eigenvalue weighted by Crippen LogP contribution is 2.25. The van der Waals surface area contributed by atoms with Crippen LogP contribution < -0.4 is 4.74 Å². The number of carbonyl (C=O) groups is 2. The summed E-state index contributed by atoms with van der Waals surface area (Å²) in [5.74, 6) is -0.962. The normalized spacial score (nSPS) is 14.4. The van der Waals surface area contributed by atoms with Crippen LogP contribution in [-0.2, 0) is 20.9 Å². The van der Waals surface area contributed by atoms with Crippen molar-refractivity contribution in [3.05, 3.63) is 42.0 Å². The number of amides is 1. The molecule has 1 aromatic heterocycles. The lowest BCUT2D eigenvalue weighted by Crippen LogP contribution is -2.40. The number of aromatic nitrogens is 2. The predicted molar refractivity (Wildman–Crippen MR) is 109 cm³/mol. The molecule has 0 bridgehead atoms. The van der Waals surface area contributed by atoms with Gasteiger partial charge >= 0.3 is 12.0 Å². The highest BCUT2D eigenvalue weighted by Gasteiger charge is 2.25. The van der Waals surface area contributed by atoms with Crippen LogP contribution in [0.5, 0.6) is 6.01 Å². The first-order valence-corrected chi connectivity index (χ1v) is 10.3. The Morgan fingerprint density at radius 1 is 1.23 bits per heavy atom. The number of esters is 1. The Morgan fingerprint density at radius 3 is 2.58 bits per heavy atom. The quantitative estimate of drug-likeness (QED) is 0.506. The van der Waals surface area contributed by atoms with Gasteiger partial charge < -0.3 is 19.5 Å². The molecule has 0 radical (unpaired) electrons. The van der Waals surface area contributed by atoms with E-state index in [0.717, 1.165) is 12.8 Å². The number of carbonyl (C=O) groups excluding carboxylic acids is 2. The van der Waals surface area contributed by atoms with E-state index < -0.39 is 11.8 Å². The van der Waals surface area contributed by atoms with Crippen LogP contribution >= 0.6 is 0 Å². The molecular formula is C22H26FN3O5. The second kappa shape index (κ2) is 10.8. The molecule has 1 N–H and O–H groups in total. The lowest BCUT2D eigenvalue weighted by molar-refractivity contribution is -0.149. The van der Waals surface area contributed by atoms with E-state index in [9.17, 15) is 19.1 Å². The molecule has 1 aromatic carbocycles. The Morgan fingerprint density at radius 2 is 1.94 bits per heavy atom. The Labute approximate surface area is 180 Å². The average Bonchev–Trinajstić information content (AvgIpc) is 2.79. The van der Waals surface area contributed by atoms with Gasteiger partial charge in [0, 0.05) is 42.2 Å². The lowest BCUT2D eigenvalue weighted by Gasteiger charge is -2.31. The van der Waals surface area contributed by atoms with Gasteiger partial charge in [-0.3, -0.25) is 9.59 Å². The summed E-state index contributed by atoms with van der Waals surface area (Å²) in [5, 5.41) is 9.20. The van der Waals surface area contributed by atoms with Gasteiger partial charge in [0.25, 0.3) is 0 Å². The van der Waals surface area contributed by atoms with Gasteiger partial charge in [-0.05, 0) is 25.7 Å². The van der Waals surface area contributed by atoms with Crippen molar-refractivity contribution in [1.82, 2.24) is 14.9 Å². The summed E-state index contributed by atoms with van der Waals surface area (Å²) < 4.78 is 24.8. The molecule has 2 aromatic rings. The molecule has 1 aliphatic rings. The maximum absolute atomic E-state index is 14.3. The van der Waals surface area contributed by atoms with Crippen molar-refractivity contribution in [1.29, 1.82) is 0 Å². The Bertz CT molecular complexity index is 899. The molecule has 8 nitrogen and oxygen atoms in total. The largest absolute Gasteiger partial charge is 0.466 e. The third kappa shape index (κ3) is 5.97. The number of aliphatic hydroxyl groups excluding tert-OH is 1. The first kappa shape index (κ1) is 22.6. The summed E-state index contributed by atoms with van der Waals surface area (Å²) in [6, 6.07) is 4.99. The number of ether oxygens (including phenoxy) is 2. The number of hydrogen-bond acceptors (Lipinski definition) is 7. The van der Waals surface area contributed by atoms with E-state index in [4.69, 9.17) is 9.47 Å². The number of aliphatic hydroxyl groups is 1. The highest BCUT2D eigenvalue weighted by molar-refractivity contribution is 5.94. The molecule has 166 valence electrons. The number of rotatable bonds is 8. The fraction of sp³-hybridized carbons (Fsp3) is 0.455. The number of halogens is 1. The summed E-state index contributed by atoms with van der Waals surface area (Å²) in [5.41, 5.74) is 1.02. The van der Waals surface area contributed by atoms with Gasteiger partial charge in [0.1, 0.15) is 12.2 Å². The van der Waals surface area contributed by atoms with E-state index >= 15 is 0 Å². The smallest absolute Gasteiger partial charge is 0.316 e. The lowest BCUT2D eigenvalue weighted by atomic mass is 9.97. The minimum atomic E-state index is -0.499.